The lowest BCUT2D eigenvalue weighted by atomic mass is 10.1. The van der Waals surface area contributed by atoms with Crippen molar-refractivity contribution in [1.82, 2.24) is 15.2 Å². The Morgan fingerprint density at radius 2 is 2.00 bits per heavy atom. The van der Waals surface area contributed by atoms with E-state index in [9.17, 15) is 19.6 Å². The Kier molecular flexibility index (Phi) is 7.16. The second kappa shape index (κ2) is 10.9. The van der Waals surface area contributed by atoms with Crippen LogP contribution in [0.2, 0.25) is 0 Å². The zero-order chi connectivity index (χ0) is 29.5. The number of amides is 4. The van der Waals surface area contributed by atoms with E-state index in [0.29, 0.717) is 74.6 Å². The van der Waals surface area contributed by atoms with Crippen LogP contribution in [-0.4, -0.2) is 40.4 Å². The molecule has 2 N–H and O–H groups in total. The average molecular weight is 583 g/mol. The molecule has 3 aromatic rings. The second-order valence-corrected chi connectivity index (χ2v) is 11.8. The molecule has 0 unspecified atom stereocenters. The molecule has 1 fully saturated rings. The number of nitrogens with one attached hydrogen (secondary N) is 2. The number of ether oxygens (including phenoxy) is 1. The van der Waals surface area contributed by atoms with Crippen molar-refractivity contribution in [2.75, 3.05) is 16.8 Å². The fourth-order valence-electron chi connectivity index (χ4n) is 5.27. The summed E-state index contributed by atoms with van der Waals surface area (Å²) in [5.41, 5.74) is 3.07. The molecule has 42 heavy (non-hydrogen) atoms. The van der Waals surface area contributed by atoms with Crippen molar-refractivity contribution in [1.29, 1.82) is 5.26 Å². The van der Waals surface area contributed by atoms with Crippen LogP contribution < -0.4 is 20.3 Å². The molecule has 214 valence electrons. The Bertz CT molecular complexity index is 1710. The second-order valence-electron chi connectivity index (χ2n) is 10.9. The summed E-state index contributed by atoms with van der Waals surface area (Å²) in [5, 5.41) is 16.1. The number of hydrogen-bond acceptors (Lipinski definition) is 7. The number of urea groups is 1. The maximum Gasteiger partial charge on any atom is 0.331 e. The molecule has 0 radical (unpaired) electrons. The fourth-order valence-corrected chi connectivity index (χ4v) is 6.29. The highest BCUT2D eigenvalue weighted by molar-refractivity contribution is 7.21. The normalized spacial score (nSPS) is 16.9. The molecule has 0 saturated heterocycles. The third kappa shape index (κ3) is 5.10. The van der Waals surface area contributed by atoms with E-state index in [4.69, 9.17) is 4.74 Å². The number of anilines is 3. The van der Waals surface area contributed by atoms with E-state index in [-0.39, 0.29) is 23.5 Å². The third-order valence-electron chi connectivity index (χ3n) is 7.45. The van der Waals surface area contributed by atoms with Gasteiger partial charge in [0.1, 0.15) is 27.1 Å². The van der Waals surface area contributed by atoms with Crippen LogP contribution in [0.15, 0.2) is 59.6 Å². The number of nitriles is 1. The Hall–Kier alpha value is -4.69. The SMILES string of the molecule is CC1=C(NC(=O)c2sc3nccc4c3c2NC(=O)N4c2ccc(OC(C)C)cc2)CCCN1C(=O)/C(C#N)=C/C1CC1. The third-order valence-corrected chi connectivity index (χ3v) is 8.55. The van der Waals surface area contributed by atoms with E-state index in [1.54, 1.807) is 35.1 Å². The Morgan fingerprint density at radius 3 is 2.69 bits per heavy atom. The van der Waals surface area contributed by atoms with Gasteiger partial charge in [0.25, 0.3) is 11.8 Å². The summed E-state index contributed by atoms with van der Waals surface area (Å²) in [5.74, 6) is 0.275. The van der Waals surface area contributed by atoms with Gasteiger partial charge in [-0.15, -0.1) is 11.3 Å². The first-order chi connectivity index (χ1) is 20.2. The molecule has 2 aromatic heterocycles. The van der Waals surface area contributed by atoms with Crippen molar-refractivity contribution in [3.05, 3.63) is 64.4 Å². The van der Waals surface area contributed by atoms with Gasteiger partial charge in [-0.2, -0.15) is 5.26 Å². The first-order valence-corrected chi connectivity index (χ1v) is 14.8. The summed E-state index contributed by atoms with van der Waals surface area (Å²) >= 11 is 1.20. The van der Waals surface area contributed by atoms with Crippen LogP contribution in [0, 0.1) is 17.2 Å². The van der Waals surface area contributed by atoms with E-state index in [1.165, 1.54) is 11.3 Å². The van der Waals surface area contributed by atoms with E-state index < -0.39 is 6.03 Å². The highest BCUT2D eigenvalue weighted by atomic mass is 32.1. The van der Waals surface area contributed by atoms with Gasteiger partial charge in [-0.25, -0.2) is 9.78 Å². The van der Waals surface area contributed by atoms with Gasteiger partial charge in [-0.1, -0.05) is 6.08 Å². The van der Waals surface area contributed by atoms with Crippen LogP contribution in [0.5, 0.6) is 5.75 Å². The highest BCUT2D eigenvalue weighted by Gasteiger charge is 2.34. The monoisotopic (exact) mass is 582 g/mol. The Labute approximate surface area is 247 Å². The van der Waals surface area contributed by atoms with Crippen LogP contribution in [-0.2, 0) is 4.79 Å². The number of carbonyl (C=O) groups excluding carboxylic acids is 3. The first-order valence-electron chi connectivity index (χ1n) is 14.0. The number of carbonyl (C=O) groups is 3. The molecule has 1 saturated carbocycles. The molecule has 11 heteroatoms. The minimum atomic E-state index is -0.392. The van der Waals surface area contributed by atoms with Crippen molar-refractivity contribution >= 4 is 56.5 Å². The predicted molar refractivity (Wildman–Crippen MR) is 161 cm³/mol. The van der Waals surface area contributed by atoms with Gasteiger partial charge in [0.2, 0.25) is 0 Å². The number of hydrogen-bond donors (Lipinski definition) is 2. The molecule has 3 aliphatic rings. The lowest BCUT2D eigenvalue weighted by Gasteiger charge is -2.30. The van der Waals surface area contributed by atoms with Crippen LogP contribution in [0.25, 0.3) is 10.2 Å². The predicted octanol–water partition coefficient (Wildman–Crippen LogP) is 6.21. The number of allylic oxidation sites excluding steroid dienone is 3. The average Bonchev–Trinajstić information content (AvgIpc) is 3.72. The minimum Gasteiger partial charge on any atom is -0.491 e. The fraction of sp³-hybridized carbons (Fsp3) is 0.323. The number of pyridine rings is 1. The lowest BCUT2D eigenvalue weighted by molar-refractivity contribution is -0.125. The molecule has 2 aliphatic heterocycles. The topological polar surface area (TPSA) is 128 Å². The maximum atomic E-state index is 13.6. The lowest BCUT2D eigenvalue weighted by Crippen LogP contribution is -2.38. The molecule has 6 rings (SSSR count). The van der Waals surface area contributed by atoms with Crippen LogP contribution in [0.3, 0.4) is 0 Å². The Morgan fingerprint density at radius 1 is 1.24 bits per heavy atom. The van der Waals surface area contributed by atoms with E-state index >= 15 is 0 Å². The Balaban J connectivity index is 1.29. The number of rotatable bonds is 7. The quantitative estimate of drug-likeness (QED) is 0.252. The largest absolute Gasteiger partial charge is 0.491 e. The van der Waals surface area contributed by atoms with Gasteiger partial charge in [0.15, 0.2) is 0 Å². The van der Waals surface area contributed by atoms with Crippen molar-refractivity contribution in [2.45, 2.75) is 52.6 Å². The van der Waals surface area contributed by atoms with Gasteiger partial charge in [-0.05, 0) is 82.7 Å². The zero-order valence-corrected chi connectivity index (χ0v) is 24.4. The summed E-state index contributed by atoms with van der Waals surface area (Å²) in [7, 11) is 0. The molecule has 4 amide bonds. The van der Waals surface area contributed by atoms with Crippen molar-refractivity contribution in [2.24, 2.45) is 5.92 Å². The molecule has 1 aromatic carbocycles. The summed E-state index contributed by atoms with van der Waals surface area (Å²) in [6.45, 7) is 6.16. The molecule has 0 spiro atoms. The van der Waals surface area contributed by atoms with Crippen LogP contribution >= 0.6 is 11.3 Å². The maximum absolute atomic E-state index is 13.6. The number of nitrogens with zero attached hydrogens (tertiary/aromatic N) is 4. The van der Waals surface area contributed by atoms with E-state index in [0.717, 1.165) is 12.8 Å². The van der Waals surface area contributed by atoms with E-state index in [2.05, 4.69) is 15.6 Å². The van der Waals surface area contributed by atoms with E-state index in [1.807, 2.05) is 44.2 Å². The van der Waals surface area contributed by atoms with Gasteiger partial charge < -0.3 is 20.3 Å². The summed E-state index contributed by atoms with van der Waals surface area (Å²) < 4.78 is 5.74. The standard InChI is InChI=1S/C31H30N6O4S/c1-17(2)41-22-10-8-21(9-11-22)37-24-12-13-33-29-25(24)26(35-31(37)40)27(42-29)28(38)34-23-5-4-14-36(18(23)3)30(39)20(16-32)15-19-6-7-19/h8-13,15,17,19H,4-7,14H2,1-3H3,(H,34,38)(H,35,40)/b20-15+. The smallest absolute Gasteiger partial charge is 0.331 e. The summed E-state index contributed by atoms with van der Waals surface area (Å²) in [6.07, 6.45) is 6.64. The number of aromatic nitrogens is 1. The highest BCUT2D eigenvalue weighted by Crippen LogP contribution is 2.46. The number of thiophene rings is 1. The van der Waals surface area contributed by atoms with Gasteiger partial charge in [0.05, 0.1) is 28.6 Å². The van der Waals surface area contributed by atoms with Crippen molar-refractivity contribution in [3.8, 4) is 11.8 Å². The van der Waals surface area contributed by atoms with Crippen LogP contribution in [0.4, 0.5) is 21.9 Å². The molecule has 1 aliphatic carbocycles. The summed E-state index contributed by atoms with van der Waals surface area (Å²) in [4.78, 5) is 48.8. The molecular weight excluding hydrogens is 552 g/mol. The molecule has 0 bridgehead atoms. The number of benzene rings is 1. The van der Waals surface area contributed by atoms with Crippen molar-refractivity contribution in [3.63, 3.8) is 0 Å². The molecule has 10 nitrogen and oxygen atoms in total. The molecular formula is C31H30N6O4S. The first kappa shape index (κ1) is 27.5. The van der Waals surface area contributed by atoms with Gasteiger partial charge in [0, 0.05) is 24.1 Å². The van der Waals surface area contributed by atoms with Gasteiger partial charge >= 0.3 is 6.03 Å². The van der Waals surface area contributed by atoms with Gasteiger partial charge in [-0.3, -0.25) is 14.5 Å². The zero-order valence-electron chi connectivity index (χ0n) is 23.6. The van der Waals surface area contributed by atoms with Crippen molar-refractivity contribution < 1.29 is 19.1 Å². The minimum absolute atomic E-state index is 0.0304. The molecule has 4 heterocycles. The molecule has 0 atom stereocenters. The summed E-state index contributed by atoms with van der Waals surface area (Å²) in [6, 6.07) is 10.7. The van der Waals surface area contributed by atoms with Crippen LogP contribution in [0.1, 0.15) is 56.1 Å².